The molecular weight excluding hydrogens is 551 g/mol. The zero-order valence-corrected chi connectivity index (χ0v) is 23.3. The fourth-order valence-electron chi connectivity index (χ4n) is 4.18. The lowest BCUT2D eigenvalue weighted by Crippen LogP contribution is -2.08. The van der Waals surface area contributed by atoms with Crippen molar-refractivity contribution in [1.29, 1.82) is 0 Å². The van der Waals surface area contributed by atoms with Gasteiger partial charge in [0.2, 0.25) is 0 Å². The quantitative estimate of drug-likeness (QED) is 0.178. The standard InChI is InChI=1S/C31H24Cl2N2O3S/c1-39-26-4-2-3-23(15-26)21-9-12-25(13-10-21)38-19-30-34-29(27-14-11-24(32)16-28(27)33)18-35(30)17-20-5-7-22(8-6-20)31(36)37/h2-16,18H,17,19H2,1H3,(H,36,37). The summed E-state index contributed by atoms with van der Waals surface area (Å²) in [5.74, 6) is 0.474. The second kappa shape index (κ2) is 12.0. The number of thioether (sulfide) groups is 1. The molecule has 8 heteroatoms. The molecule has 196 valence electrons. The summed E-state index contributed by atoms with van der Waals surface area (Å²) in [5.41, 5.74) is 4.90. The van der Waals surface area contributed by atoms with Crippen LogP contribution in [0.4, 0.5) is 0 Å². The minimum atomic E-state index is -0.957. The molecule has 1 N–H and O–H groups in total. The van der Waals surface area contributed by atoms with E-state index in [4.69, 9.17) is 32.9 Å². The van der Waals surface area contributed by atoms with E-state index in [1.54, 1.807) is 48.2 Å². The Labute approximate surface area is 241 Å². The summed E-state index contributed by atoms with van der Waals surface area (Å²) < 4.78 is 8.12. The molecule has 5 aromatic rings. The first kappa shape index (κ1) is 26.9. The van der Waals surface area contributed by atoms with Crippen LogP contribution in [0, 0.1) is 0 Å². The first-order chi connectivity index (χ1) is 18.9. The van der Waals surface area contributed by atoms with Gasteiger partial charge in [-0.1, -0.05) is 59.6 Å². The summed E-state index contributed by atoms with van der Waals surface area (Å²) >= 11 is 14.3. The van der Waals surface area contributed by atoms with Crippen molar-refractivity contribution < 1.29 is 14.6 Å². The number of carboxylic acids is 1. The predicted octanol–water partition coefficient (Wildman–Crippen LogP) is 8.57. The van der Waals surface area contributed by atoms with Gasteiger partial charge in [0.05, 0.1) is 16.3 Å². The van der Waals surface area contributed by atoms with E-state index in [2.05, 4.69) is 30.5 Å². The summed E-state index contributed by atoms with van der Waals surface area (Å²) in [4.78, 5) is 17.3. The third-order valence-corrected chi connectivity index (χ3v) is 7.52. The van der Waals surface area contributed by atoms with Crippen molar-refractivity contribution in [2.75, 3.05) is 6.26 Å². The summed E-state index contributed by atoms with van der Waals surface area (Å²) in [6, 6.07) is 28.5. The van der Waals surface area contributed by atoms with Gasteiger partial charge in [-0.3, -0.25) is 0 Å². The molecule has 0 fully saturated rings. The third-order valence-electron chi connectivity index (χ3n) is 6.25. The maximum absolute atomic E-state index is 11.2. The molecule has 1 aromatic heterocycles. The molecule has 0 saturated carbocycles. The molecule has 4 aromatic carbocycles. The topological polar surface area (TPSA) is 64.4 Å². The molecule has 1 heterocycles. The van der Waals surface area contributed by atoms with E-state index >= 15 is 0 Å². The van der Waals surface area contributed by atoms with E-state index in [1.807, 2.05) is 41.1 Å². The molecule has 0 spiro atoms. The largest absolute Gasteiger partial charge is 0.486 e. The highest BCUT2D eigenvalue weighted by atomic mass is 35.5. The molecule has 0 aliphatic heterocycles. The van der Waals surface area contributed by atoms with Crippen LogP contribution < -0.4 is 4.74 Å². The second-order valence-electron chi connectivity index (χ2n) is 8.84. The molecular formula is C31H24Cl2N2O3S. The number of carboxylic acid groups (broad SMARTS) is 1. The number of aromatic nitrogens is 2. The van der Waals surface area contributed by atoms with Crippen LogP contribution in [0.1, 0.15) is 21.7 Å². The Morgan fingerprint density at radius 3 is 2.41 bits per heavy atom. The van der Waals surface area contributed by atoms with Crippen LogP contribution in [0.25, 0.3) is 22.4 Å². The molecule has 0 atom stereocenters. The summed E-state index contributed by atoms with van der Waals surface area (Å²) in [7, 11) is 0. The van der Waals surface area contributed by atoms with Gasteiger partial charge in [0.25, 0.3) is 0 Å². The van der Waals surface area contributed by atoms with Crippen molar-refractivity contribution in [3.63, 3.8) is 0 Å². The first-order valence-corrected chi connectivity index (χ1v) is 14.1. The monoisotopic (exact) mass is 574 g/mol. The minimum Gasteiger partial charge on any atom is -0.486 e. The molecule has 0 saturated heterocycles. The van der Waals surface area contributed by atoms with Gasteiger partial charge in [-0.25, -0.2) is 9.78 Å². The Balaban J connectivity index is 1.39. The lowest BCUT2D eigenvalue weighted by atomic mass is 10.1. The summed E-state index contributed by atoms with van der Waals surface area (Å²) in [6.45, 7) is 0.723. The van der Waals surface area contributed by atoms with Crippen LogP contribution in [-0.4, -0.2) is 26.9 Å². The Kier molecular flexibility index (Phi) is 8.27. The number of hydrogen-bond donors (Lipinski definition) is 1. The number of hydrogen-bond acceptors (Lipinski definition) is 4. The number of aromatic carboxylic acids is 1. The number of imidazole rings is 1. The van der Waals surface area contributed by atoms with Crippen LogP contribution >= 0.6 is 35.0 Å². The highest BCUT2D eigenvalue weighted by Gasteiger charge is 2.14. The third kappa shape index (κ3) is 6.48. The maximum atomic E-state index is 11.2. The summed E-state index contributed by atoms with van der Waals surface area (Å²) in [5, 5.41) is 10.3. The molecule has 0 aliphatic rings. The lowest BCUT2D eigenvalue weighted by Gasteiger charge is -2.11. The van der Waals surface area contributed by atoms with Gasteiger partial charge in [0, 0.05) is 28.2 Å². The number of halogens is 2. The van der Waals surface area contributed by atoms with Crippen molar-refractivity contribution in [3.8, 4) is 28.1 Å². The van der Waals surface area contributed by atoms with E-state index in [0.29, 0.717) is 28.1 Å². The highest BCUT2D eigenvalue weighted by Crippen LogP contribution is 2.31. The van der Waals surface area contributed by atoms with Crippen molar-refractivity contribution in [1.82, 2.24) is 9.55 Å². The molecule has 39 heavy (non-hydrogen) atoms. The van der Waals surface area contributed by atoms with Gasteiger partial charge in [-0.15, -0.1) is 11.8 Å². The fraction of sp³-hybridized carbons (Fsp3) is 0.0968. The van der Waals surface area contributed by atoms with Gasteiger partial charge in [0.1, 0.15) is 18.2 Å². The average molecular weight is 576 g/mol. The van der Waals surface area contributed by atoms with Crippen molar-refractivity contribution >= 4 is 40.9 Å². The van der Waals surface area contributed by atoms with E-state index in [9.17, 15) is 9.90 Å². The second-order valence-corrected chi connectivity index (χ2v) is 10.6. The SMILES string of the molecule is CSc1cccc(-c2ccc(OCc3nc(-c4ccc(Cl)cc4Cl)cn3Cc3ccc(C(=O)O)cc3)cc2)c1. The van der Waals surface area contributed by atoms with Crippen molar-refractivity contribution in [3.05, 3.63) is 124 Å². The zero-order chi connectivity index (χ0) is 27.4. The van der Waals surface area contributed by atoms with Gasteiger partial charge >= 0.3 is 5.97 Å². The number of carbonyl (C=O) groups is 1. The van der Waals surface area contributed by atoms with E-state index in [-0.39, 0.29) is 12.2 Å². The van der Waals surface area contributed by atoms with E-state index < -0.39 is 5.97 Å². The molecule has 5 nitrogen and oxygen atoms in total. The van der Waals surface area contributed by atoms with Crippen molar-refractivity contribution in [2.24, 2.45) is 0 Å². The Morgan fingerprint density at radius 1 is 0.949 bits per heavy atom. The molecule has 0 unspecified atom stereocenters. The van der Waals surface area contributed by atoms with Crippen LogP contribution in [0.5, 0.6) is 5.75 Å². The van der Waals surface area contributed by atoms with E-state index in [1.165, 1.54) is 4.90 Å². The highest BCUT2D eigenvalue weighted by molar-refractivity contribution is 7.98. The Morgan fingerprint density at radius 2 is 1.72 bits per heavy atom. The maximum Gasteiger partial charge on any atom is 0.335 e. The molecule has 0 radical (unpaired) electrons. The molecule has 0 amide bonds. The van der Waals surface area contributed by atoms with Crippen molar-refractivity contribution in [2.45, 2.75) is 18.0 Å². The number of ether oxygens (including phenoxy) is 1. The number of benzene rings is 4. The van der Waals surface area contributed by atoms with Gasteiger partial charge in [0.15, 0.2) is 0 Å². The van der Waals surface area contributed by atoms with Gasteiger partial charge in [-0.2, -0.15) is 0 Å². The van der Waals surface area contributed by atoms with E-state index in [0.717, 1.165) is 28.0 Å². The zero-order valence-electron chi connectivity index (χ0n) is 21.0. The smallest absolute Gasteiger partial charge is 0.335 e. The molecule has 5 rings (SSSR count). The average Bonchev–Trinajstić information content (AvgIpc) is 3.34. The van der Waals surface area contributed by atoms with Crippen LogP contribution in [0.3, 0.4) is 0 Å². The molecule has 0 bridgehead atoms. The normalized spacial score (nSPS) is 10.9. The fourth-order valence-corrected chi connectivity index (χ4v) is 5.14. The lowest BCUT2D eigenvalue weighted by molar-refractivity contribution is 0.0697. The van der Waals surface area contributed by atoms with Crippen LogP contribution in [-0.2, 0) is 13.2 Å². The first-order valence-electron chi connectivity index (χ1n) is 12.1. The Bertz CT molecular complexity index is 1620. The predicted molar refractivity (Wildman–Crippen MR) is 158 cm³/mol. The summed E-state index contributed by atoms with van der Waals surface area (Å²) in [6.07, 6.45) is 3.98. The van der Waals surface area contributed by atoms with Gasteiger partial charge in [-0.05, 0) is 77.5 Å². The number of rotatable bonds is 9. The van der Waals surface area contributed by atoms with Crippen LogP contribution in [0.2, 0.25) is 10.0 Å². The van der Waals surface area contributed by atoms with Gasteiger partial charge < -0.3 is 14.4 Å². The minimum absolute atomic E-state index is 0.236. The Hall–Kier alpha value is -3.71. The molecule has 0 aliphatic carbocycles. The van der Waals surface area contributed by atoms with Crippen LogP contribution in [0.15, 0.2) is 102 Å². The number of nitrogens with zero attached hydrogens (tertiary/aromatic N) is 2.